The minimum atomic E-state index is -6.29. The largest absolute Gasteiger partial charge is 0.438 e. The Bertz CT molecular complexity index is 672. The Morgan fingerprint density at radius 3 is 1.39 bits per heavy atom. The maximum absolute atomic E-state index is 13.8. The third kappa shape index (κ3) is 5.29. The zero-order chi connectivity index (χ0) is 26.5. The lowest BCUT2D eigenvalue weighted by molar-refractivity contribution is -0.399. The summed E-state index contributed by atoms with van der Waals surface area (Å²) in [4.78, 5) is 12.2. The first kappa shape index (κ1) is 30.4. The monoisotopic (exact) mass is 626 g/mol. The van der Waals surface area contributed by atoms with Gasteiger partial charge in [-0.3, -0.25) is 4.79 Å². The van der Waals surface area contributed by atoms with Gasteiger partial charge in [0.25, 0.3) is 5.60 Å². The van der Waals surface area contributed by atoms with Crippen molar-refractivity contribution >= 4 is 28.6 Å². The summed E-state index contributed by atoms with van der Waals surface area (Å²) in [5.74, 6) is -7.38. The number of halogens is 13. The molecule has 196 valence electrons. The van der Waals surface area contributed by atoms with Crippen LogP contribution < -0.4 is 0 Å². The molecule has 1 unspecified atom stereocenters. The third-order valence-electron chi connectivity index (χ3n) is 5.94. The maximum atomic E-state index is 13.8. The van der Waals surface area contributed by atoms with Gasteiger partial charge in [0, 0.05) is 11.8 Å². The zero-order valence-electron chi connectivity index (χ0n) is 16.9. The lowest BCUT2D eigenvalue weighted by atomic mass is 9.67. The van der Waals surface area contributed by atoms with Crippen LogP contribution in [0.15, 0.2) is 0 Å². The molecule has 1 aliphatic carbocycles. The van der Waals surface area contributed by atoms with E-state index in [1.54, 1.807) is 0 Å². The Kier molecular flexibility index (Phi) is 8.35. The van der Waals surface area contributed by atoms with E-state index in [-0.39, 0.29) is 6.42 Å². The van der Waals surface area contributed by atoms with Gasteiger partial charge >= 0.3 is 36.3 Å². The topological polar surface area (TPSA) is 46.5 Å². The highest BCUT2D eigenvalue weighted by Crippen LogP contribution is 2.58. The van der Waals surface area contributed by atoms with E-state index in [1.807, 2.05) is 0 Å². The predicted octanol–water partition coefficient (Wildman–Crippen LogP) is 6.66. The fourth-order valence-corrected chi connectivity index (χ4v) is 3.87. The van der Waals surface area contributed by atoms with E-state index in [0.717, 1.165) is 6.92 Å². The molecule has 33 heavy (non-hydrogen) atoms. The highest BCUT2D eigenvalue weighted by molar-refractivity contribution is 14.1. The van der Waals surface area contributed by atoms with Crippen LogP contribution >= 0.6 is 22.6 Å². The van der Waals surface area contributed by atoms with Gasteiger partial charge in [0.05, 0.1) is 0 Å². The molecule has 0 aliphatic heterocycles. The van der Waals surface area contributed by atoms with Crippen molar-refractivity contribution in [3.63, 3.8) is 0 Å². The molecule has 0 amide bonds. The number of hydrogen-bond donors (Lipinski definition) is 1. The molecule has 0 saturated heterocycles. The first-order valence-electron chi connectivity index (χ1n) is 9.31. The highest BCUT2D eigenvalue weighted by Gasteiger charge is 2.79. The fraction of sp³-hybridized carbons (Fsp3) is 0.941. The number of carbonyl (C=O) groups is 1. The molecule has 0 bridgehead atoms. The zero-order valence-corrected chi connectivity index (χ0v) is 19.0. The molecule has 1 fully saturated rings. The Labute approximate surface area is 193 Å². The number of esters is 1. The Hall–Kier alpha value is -0.680. The lowest BCUT2D eigenvalue weighted by Gasteiger charge is -2.47. The van der Waals surface area contributed by atoms with E-state index in [2.05, 4.69) is 4.74 Å². The van der Waals surface area contributed by atoms with Crippen LogP contribution in [0.1, 0.15) is 46.0 Å². The molecule has 0 aromatic carbocycles. The lowest BCUT2D eigenvalue weighted by Crippen LogP contribution is -2.67. The second-order valence-electron chi connectivity index (χ2n) is 7.98. The molecule has 16 heteroatoms. The summed E-state index contributed by atoms with van der Waals surface area (Å²) in [6.45, 7) is 2.27. The molecule has 3 nitrogen and oxygen atoms in total. The molecule has 0 heterocycles. The van der Waals surface area contributed by atoms with Crippen molar-refractivity contribution in [1.29, 1.82) is 0 Å². The van der Waals surface area contributed by atoms with Gasteiger partial charge in [-0.1, -0.05) is 29.5 Å². The number of ether oxygens (including phenoxy) is 1. The molecular weight excluding hydrogens is 607 g/mol. The Morgan fingerprint density at radius 1 is 0.788 bits per heavy atom. The van der Waals surface area contributed by atoms with Gasteiger partial charge in [-0.15, -0.1) is 0 Å². The maximum Gasteiger partial charge on any atom is 0.437 e. The van der Waals surface area contributed by atoms with E-state index in [4.69, 9.17) is 0 Å². The number of aliphatic hydroxyl groups is 1. The molecule has 1 rings (SSSR count). The van der Waals surface area contributed by atoms with Crippen LogP contribution in [-0.2, 0) is 9.53 Å². The fourth-order valence-electron chi connectivity index (χ4n) is 3.76. The predicted molar refractivity (Wildman–Crippen MR) is 96.2 cm³/mol. The van der Waals surface area contributed by atoms with Crippen molar-refractivity contribution in [3.05, 3.63) is 0 Å². The van der Waals surface area contributed by atoms with Crippen molar-refractivity contribution in [2.24, 2.45) is 11.8 Å². The van der Waals surface area contributed by atoms with E-state index in [9.17, 15) is 62.6 Å². The SMILES string of the molecule is CCC(C)(I)C(=O)OC(C1CCC(C(O)(C(F)(F)F)C(F)(F)F)CC1)(C(F)(F)F)C(F)(F)F. The third-order valence-corrected chi connectivity index (χ3v) is 7.15. The number of carbonyl (C=O) groups excluding carboxylic acids is 1. The second kappa shape index (κ2) is 9.08. The van der Waals surface area contributed by atoms with Gasteiger partial charge in [0.1, 0.15) is 3.42 Å². The molecule has 0 aromatic rings. The normalized spacial score (nSPS) is 23.8. The van der Waals surface area contributed by atoms with Gasteiger partial charge in [-0.05, 0) is 39.0 Å². The molecular formula is C17H19F12IO3. The molecule has 0 aromatic heterocycles. The summed E-state index contributed by atoms with van der Waals surface area (Å²) < 4.78 is 163. The summed E-state index contributed by atoms with van der Waals surface area (Å²) in [5.41, 5.74) is -10.5. The molecule has 1 aliphatic rings. The Morgan fingerprint density at radius 2 is 1.12 bits per heavy atom. The van der Waals surface area contributed by atoms with Crippen LogP contribution in [0.5, 0.6) is 0 Å². The van der Waals surface area contributed by atoms with E-state index >= 15 is 0 Å². The van der Waals surface area contributed by atoms with E-state index in [1.165, 1.54) is 29.5 Å². The summed E-state index contributed by atoms with van der Waals surface area (Å²) in [7, 11) is 0. The van der Waals surface area contributed by atoms with Crippen LogP contribution in [0.25, 0.3) is 0 Å². The van der Waals surface area contributed by atoms with Crippen molar-refractivity contribution in [2.75, 3.05) is 0 Å². The molecule has 1 N–H and O–H groups in total. The summed E-state index contributed by atoms with van der Waals surface area (Å²) in [6, 6.07) is 0. The van der Waals surface area contributed by atoms with Crippen LogP contribution in [-0.4, -0.2) is 50.4 Å². The standard InChI is InChI=1S/C17H19F12IO3/c1-3-11(2,30)10(31)33-13(16(24,25)26,17(27,28)29)9-6-4-8(5-7-9)12(32,14(18,19)20)15(21,22)23/h8-9,32H,3-7H2,1-2H3. The van der Waals surface area contributed by atoms with Gasteiger partial charge in [0.15, 0.2) is 0 Å². The summed E-state index contributed by atoms with van der Waals surface area (Å²) in [6.07, 6.45) is -31.3. The van der Waals surface area contributed by atoms with Gasteiger partial charge < -0.3 is 9.84 Å². The smallest absolute Gasteiger partial charge is 0.437 e. The molecule has 0 radical (unpaired) electrons. The van der Waals surface area contributed by atoms with Crippen molar-refractivity contribution in [1.82, 2.24) is 0 Å². The van der Waals surface area contributed by atoms with Crippen molar-refractivity contribution in [3.8, 4) is 0 Å². The molecule has 1 atom stereocenters. The number of hydrogen-bond acceptors (Lipinski definition) is 3. The van der Waals surface area contributed by atoms with Crippen molar-refractivity contribution in [2.45, 2.75) is 85.3 Å². The van der Waals surface area contributed by atoms with Crippen LogP contribution in [0, 0.1) is 11.8 Å². The first-order chi connectivity index (χ1) is 14.4. The number of alkyl halides is 13. The minimum Gasteiger partial charge on any atom is -0.438 e. The number of rotatable bonds is 5. The minimum absolute atomic E-state index is 0.241. The van der Waals surface area contributed by atoms with Gasteiger partial charge in [0.2, 0.25) is 0 Å². The summed E-state index contributed by atoms with van der Waals surface area (Å²) >= 11 is 1.27. The average molecular weight is 626 g/mol. The quantitative estimate of drug-likeness (QED) is 0.161. The highest BCUT2D eigenvalue weighted by atomic mass is 127. The van der Waals surface area contributed by atoms with E-state index in [0.29, 0.717) is 0 Å². The summed E-state index contributed by atoms with van der Waals surface area (Å²) in [5, 5.41) is 9.42. The average Bonchev–Trinajstić information content (AvgIpc) is 2.61. The van der Waals surface area contributed by atoms with Crippen LogP contribution in [0.4, 0.5) is 52.7 Å². The van der Waals surface area contributed by atoms with Crippen LogP contribution in [0.2, 0.25) is 0 Å². The Balaban J connectivity index is 3.46. The first-order valence-corrected chi connectivity index (χ1v) is 10.4. The molecule has 1 saturated carbocycles. The molecule has 0 spiro atoms. The van der Waals surface area contributed by atoms with Crippen molar-refractivity contribution < 1.29 is 67.3 Å². The van der Waals surface area contributed by atoms with E-state index < -0.39 is 82.8 Å². The van der Waals surface area contributed by atoms with Gasteiger partial charge in [-0.25, -0.2) is 0 Å². The second-order valence-corrected chi connectivity index (χ2v) is 10.4. The van der Waals surface area contributed by atoms with Gasteiger partial charge in [-0.2, -0.15) is 52.7 Å². The van der Waals surface area contributed by atoms with Crippen LogP contribution in [0.3, 0.4) is 0 Å².